The Labute approximate surface area is 251 Å². The number of alkyl halides is 3. The summed E-state index contributed by atoms with van der Waals surface area (Å²) < 4.78 is 69.4. The number of nitrogens with zero attached hydrogens (tertiary/aromatic N) is 3. The molecule has 238 valence electrons. The van der Waals surface area contributed by atoms with Crippen molar-refractivity contribution in [3.8, 4) is 11.8 Å². The van der Waals surface area contributed by atoms with Crippen molar-refractivity contribution in [1.82, 2.24) is 15.1 Å². The topological polar surface area (TPSA) is 166 Å². The Bertz CT molecular complexity index is 1540. The zero-order chi connectivity index (χ0) is 32.2. The van der Waals surface area contributed by atoms with E-state index in [1.807, 2.05) is 6.07 Å². The average Bonchev–Trinajstić information content (AvgIpc) is 3.89. The molecule has 0 bridgehead atoms. The van der Waals surface area contributed by atoms with Gasteiger partial charge in [-0.25, -0.2) is 8.42 Å². The second-order valence-electron chi connectivity index (χ2n) is 12.1. The Morgan fingerprint density at radius 2 is 1.84 bits per heavy atom. The molecule has 2 N–H and O–H groups in total. The number of amides is 4. The first-order valence-corrected chi connectivity index (χ1v) is 16.1. The summed E-state index contributed by atoms with van der Waals surface area (Å²) >= 11 is 0. The van der Waals surface area contributed by atoms with E-state index in [4.69, 9.17) is 4.74 Å². The van der Waals surface area contributed by atoms with Gasteiger partial charge in [-0.3, -0.25) is 19.2 Å². The second-order valence-corrected chi connectivity index (χ2v) is 14.2. The molecule has 2 aliphatic heterocycles. The van der Waals surface area contributed by atoms with Crippen LogP contribution in [-0.4, -0.2) is 91.6 Å². The van der Waals surface area contributed by atoms with Crippen molar-refractivity contribution in [2.45, 2.75) is 79.7 Å². The van der Waals surface area contributed by atoms with Gasteiger partial charge in [0.2, 0.25) is 17.4 Å². The minimum atomic E-state index is -5.20. The number of ether oxygens (including phenoxy) is 1. The van der Waals surface area contributed by atoms with Crippen LogP contribution in [0, 0.1) is 23.2 Å². The zero-order valence-corrected chi connectivity index (χ0v) is 24.8. The lowest BCUT2D eigenvalue weighted by Gasteiger charge is -2.36. The van der Waals surface area contributed by atoms with Crippen LogP contribution in [0.3, 0.4) is 0 Å². The monoisotopic (exact) mass is 639 g/mol. The molecule has 0 radical (unpaired) electrons. The molecule has 3 fully saturated rings. The number of likely N-dealkylation sites (N-methyl/N-ethyl adjacent to an activating group) is 1. The standard InChI is InChI=1S/C28H32F3N5O7S/c1-35(23(37)20(9-15-3-4-15)34-26(40)28(29,30)31)21(10-16-5-6-16)24(38)36-14-27(12-17(36)13-32)25(39)33-19-8-7-18(44(2,41)42)11-22(19)43-27/h7-8,11,15-17,20-21H,3-6,9-10,12,14H2,1-2H3,(H,33,39)(H,34,40)/t17-,20?,21?,27+/m0/s1. The summed E-state index contributed by atoms with van der Waals surface area (Å²) in [4.78, 5) is 54.8. The summed E-state index contributed by atoms with van der Waals surface area (Å²) in [6, 6.07) is 2.09. The Kier molecular flexibility index (Phi) is 8.06. The quantitative estimate of drug-likeness (QED) is 0.413. The smallest absolute Gasteiger partial charge is 0.471 e. The molecule has 4 amide bonds. The number of nitriles is 1. The molecule has 1 aromatic carbocycles. The van der Waals surface area contributed by atoms with Crippen LogP contribution in [-0.2, 0) is 29.0 Å². The minimum Gasteiger partial charge on any atom is -0.473 e. The highest BCUT2D eigenvalue weighted by molar-refractivity contribution is 7.90. The van der Waals surface area contributed by atoms with E-state index in [0.717, 1.165) is 28.9 Å². The van der Waals surface area contributed by atoms with Crippen molar-refractivity contribution in [2.24, 2.45) is 11.8 Å². The first-order chi connectivity index (χ1) is 20.5. The fourth-order valence-electron chi connectivity index (χ4n) is 5.70. The number of rotatable bonds is 9. The van der Waals surface area contributed by atoms with E-state index >= 15 is 0 Å². The third-order valence-electron chi connectivity index (χ3n) is 8.59. The Balaban J connectivity index is 1.40. The van der Waals surface area contributed by atoms with Crippen molar-refractivity contribution in [2.75, 3.05) is 25.2 Å². The van der Waals surface area contributed by atoms with E-state index < -0.39 is 69.9 Å². The molecule has 1 spiro atoms. The van der Waals surface area contributed by atoms with Crippen LogP contribution < -0.4 is 15.4 Å². The maximum Gasteiger partial charge on any atom is 0.471 e. The lowest BCUT2D eigenvalue weighted by molar-refractivity contribution is -0.175. The molecule has 12 nitrogen and oxygen atoms in total. The van der Waals surface area contributed by atoms with Gasteiger partial charge in [0, 0.05) is 25.8 Å². The molecule has 4 aliphatic rings. The first kappa shape index (κ1) is 31.6. The van der Waals surface area contributed by atoms with E-state index in [2.05, 4.69) is 5.32 Å². The van der Waals surface area contributed by atoms with Crippen molar-refractivity contribution < 1.29 is 45.5 Å². The van der Waals surface area contributed by atoms with Crippen molar-refractivity contribution >= 4 is 39.2 Å². The van der Waals surface area contributed by atoms with Gasteiger partial charge in [-0.2, -0.15) is 18.4 Å². The van der Waals surface area contributed by atoms with Crippen molar-refractivity contribution in [3.63, 3.8) is 0 Å². The minimum absolute atomic E-state index is 0.00807. The number of benzene rings is 1. The maximum atomic E-state index is 14.1. The fourth-order valence-corrected chi connectivity index (χ4v) is 6.34. The van der Waals surface area contributed by atoms with Gasteiger partial charge in [0.25, 0.3) is 5.91 Å². The van der Waals surface area contributed by atoms with Crippen LogP contribution in [0.25, 0.3) is 0 Å². The van der Waals surface area contributed by atoms with Gasteiger partial charge in [-0.05, 0) is 36.8 Å². The SMILES string of the molecule is CN(C(=O)C(CC1CC1)NC(=O)C(F)(F)F)C(CC1CC1)C(=O)N1C[C@@]2(C[C@H]1C#N)Oc1cc(S(C)(=O)=O)ccc1NC2=O. The number of hydrogen-bond acceptors (Lipinski definition) is 8. The predicted molar refractivity (Wildman–Crippen MR) is 146 cm³/mol. The number of halogens is 3. The zero-order valence-electron chi connectivity index (χ0n) is 24.0. The third-order valence-corrected chi connectivity index (χ3v) is 9.70. The summed E-state index contributed by atoms with van der Waals surface area (Å²) in [7, 11) is -2.34. The van der Waals surface area contributed by atoms with E-state index in [0.29, 0.717) is 12.8 Å². The summed E-state index contributed by atoms with van der Waals surface area (Å²) in [5, 5.41) is 14.4. The normalized spacial score (nSPS) is 24.4. The number of anilines is 1. The third kappa shape index (κ3) is 6.47. The first-order valence-electron chi connectivity index (χ1n) is 14.2. The van der Waals surface area contributed by atoms with Gasteiger partial charge < -0.3 is 25.2 Å². The number of nitrogens with one attached hydrogen (secondary N) is 2. The Hall–Kier alpha value is -3.87. The van der Waals surface area contributed by atoms with Gasteiger partial charge in [-0.15, -0.1) is 0 Å². The maximum absolute atomic E-state index is 14.1. The van der Waals surface area contributed by atoms with Gasteiger partial charge >= 0.3 is 12.1 Å². The second kappa shape index (κ2) is 11.2. The van der Waals surface area contributed by atoms with Crippen LogP contribution in [0.15, 0.2) is 23.1 Å². The van der Waals surface area contributed by atoms with Gasteiger partial charge in [0.1, 0.15) is 23.9 Å². The van der Waals surface area contributed by atoms with Crippen LogP contribution >= 0.6 is 0 Å². The highest BCUT2D eigenvalue weighted by Gasteiger charge is 2.57. The van der Waals surface area contributed by atoms with E-state index in [1.165, 1.54) is 25.2 Å². The number of hydrogen-bond donors (Lipinski definition) is 2. The molecular formula is C28H32F3N5O7S. The van der Waals surface area contributed by atoms with Crippen LogP contribution in [0.5, 0.6) is 5.75 Å². The molecule has 0 aromatic heterocycles. The highest BCUT2D eigenvalue weighted by Crippen LogP contribution is 2.42. The van der Waals surface area contributed by atoms with Crippen LogP contribution in [0.2, 0.25) is 0 Å². The Morgan fingerprint density at radius 3 is 2.41 bits per heavy atom. The molecule has 5 rings (SSSR count). The molecule has 4 atom stereocenters. The molecule has 1 aromatic rings. The lowest BCUT2D eigenvalue weighted by Crippen LogP contribution is -2.58. The molecule has 2 saturated carbocycles. The molecule has 16 heteroatoms. The number of carbonyl (C=O) groups is 4. The van der Waals surface area contributed by atoms with E-state index in [1.54, 1.807) is 5.32 Å². The molecule has 2 aliphatic carbocycles. The molecule has 44 heavy (non-hydrogen) atoms. The van der Waals surface area contributed by atoms with E-state index in [9.17, 15) is 46.0 Å². The molecule has 2 unspecified atom stereocenters. The van der Waals surface area contributed by atoms with Crippen LogP contribution in [0.1, 0.15) is 44.9 Å². The molecule has 1 saturated heterocycles. The summed E-state index contributed by atoms with van der Waals surface area (Å²) in [6.45, 7) is -0.391. The lowest BCUT2D eigenvalue weighted by atomic mass is 9.97. The fraction of sp³-hybridized carbons (Fsp3) is 0.607. The summed E-state index contributed by atoms with van der Waals surface area (Å²) in [5.41, 5.74) is -1.52. The average molecular weight is 640 g/mol. The summed E-state index contributed by atoms with van der Waals surface area (Å²) in [6.07, 6.45) is -1.30. The van der Waals surface area contributed by atoms with Gasteiger partial charge in [0.15, 0.2) is 9.84 Å². The Morgan fingerprint density at radius 1 is 1.20 bits per heavy atom. The predicted octanol–water partition coefficient (Wildman–Crippen LogP) is 1.76. The van der Waals surface area contributed by atoms with Crippen molar-refractivity contribution in [1.29, 1.82) is 5.26 Å². The number of carbonyl (C=O) groups excluding carboxylic acids is 4. The van der Waals surface area contributed by atoms with E-state index in [-0.39, 0.29) is 47.4 Å². The van der Waals surface area contributed by atoms with Gasteiger partial charge in [0.05, 0.1) is 23.2 Å². The van der Waals surface area contributed by atoms with Crippen molar-refractivity contribution in [3.05, 3.63) is 18.2 Å². The number of likely N-dealkylation sites (tertiary alicyclic amines) is 1. The number of sulfone groups is 1. The number of fused-ring (bicyclic) bond motifs is 1. The summed E-state index contributed by atoms with van der Waals surface area (Å²) in [5.74, 6) is -4.35. The largest absolute Gasteiger partial charge is 0.473 e. The molecular weight excluding hydrogens is 607 g/mol. The highest BCUT2D eigenvalue weighted by atomic mass is 32.2. The van der Waals surface area contributed by atoms with Crippen LogP contribution in [0.4, 0.5) is 18.9 Å². The van der Waals surface area contributed by atoms with Gasteiger partial charge in [-0.1, -0.05) is 25.7 Å². The molecule has 2 heterocycles.